The third kappa shape index (κ3) is 1.81. The lowest BCUT2D eigenvalue weighted by Gasteiger charge is -2.37. The number of carboxylic acids is 1. The maximum absolute atomic E-state index is 11.0. The molecule has 2 amide bonds. The summed E-state index contributed by atoms with van der Waals surface area (Å²) in [7, 11) is 0. The molecule has 0 aliphatic carbocycles. The van der Waals surface area contributed by atoms with E-state index in [4.69, 9.17) is 10.8 Å². The Hall–Kier alpha value is -1.26. The minimum absolute atomic E-state index is 0.454. The van der Waals surface area contributed by atoms with Gasteiger partial charge in [0.25, 0.3) is 0 Å². The molecule has 5 heteroatoms. The van der Waals surface area contributed by atoms with Crippen LogP contribution >= 0.6 is 0 Å². The molecule has 0 spiro atoms. The summed E-state index contributed by atoms with van der Waals surface area (Å²) in [5, 5.41) is 9.08. The number of rotatable bonds is 2. The molecule has 1 aliphatic rings. The van der Waals surface area contributed by atoms with Crippen molar-refractivity contribution in [2.24, 2.45) is 11.1 Å². The van der Waals surface area contributed by atoms with E-state index in [1.165, 1.54) is 4.90 Å². The smallest absolute Gasteiger partial charge is 0.314 e. The fourth-order valence-corrected chi connectivity index (χ4v) is 1.87. The van der Waals surface area contributed by atoms with Gasteiger partial charge in [0, 0.05) is 13.1 Å². The topological polar surface area (TPSA) is 83.6 Å². The van der Waals surface area contributed by atoms with E-state index in [0.717, 1.165) is 0 Å². The zero-order valence-corrected chi connectivity index (χ0v) is 8.32. The number of amides is 2. The van der Waals surface area contributed by atoms with E-state index in [9.17, 15) is 9.59 Å². The van der Waals surface area contributed by atoms with Crippen LogP contribution in [-0.2, 0) is 4.79 Å². The summed E-state index contributed by atoms with van der Waals surface area (Å²) in [5.41, 5.74) is 4.47. The molecule has 3 N–H and O–H groups in total. The number of urea groups is 1. The Morgan fingerprint density at radius 2 is 1.93 bits per heavy atom. The molecular weight excluding hydrogens is 184 g/mol. The van der Waals surface area contributed by atoms with Crippen molar-refractivity contribution in [1.82, 2.24) is 4.90 Å². The second kappa shape index (κ2) is 3.86. The van der Waals surface area contributed by atoms with Crippen molar-refractivity contribution in [3.63, 3.8) is 0 Å². The first-order chi connectivity index (χ1) is 6.52. The highest BCUT2D eigenvalue weighted by molar-refractivity contribution is 5.76. The van der Waals surface area contributed by atoms with Gasteiger partial charge in [-0.2, -0.15) is 0 Å². The van der Waals surface area contributed by atoms with Gasteiger partial charge in [-0.15, -0.1) is 0 Å². The molecule has 0 aromatic heterocycles. The third-order valence-corrected chi connectivity index (χ3v) is 3.16. The number of aliphatic carboxylic acids is 1. The number of piperidine rings is 1. The van der Waals surface area contributed by atoms with Gasteiger partial charge in [0.1, 0.15) is 0 Å². The largest absolute Gasteiger partial charge is 0.481 e. The molecule has 80 valence electrons. The fourth-order valence-electron chi connectivity index (χ4n) is 1.87. The first-order valence-corrected chi connectivity index (χ1v) is 4.79. The Kier molecular flexibility index (Phi) is 2.98. The number of hydrogen-bond acceptors (Lipinski definition) is 2. The molecule has 0 saturated carbocycles. The molecule has 1 fully saturated rings. The van der Waals surface area contributed by atoms with Gasteiger partial charge in [-0.3, -0.25) is 4.79 Å². The van der Waals surface area contributed by atoms with Crippen LogP contribution in [0.4, 0.5) is 4.79 Å². The molecule has 0 bridgehead atoms. The van der Waals surface area contributed by atoms with E-state index < -0.39 is 17.4 Å². The van der Waals surface area contributed by atoms with Gasteiger partial charge in [0.15, 0.2) is 0 Å². The van der Waals surface area contributed by atoms with Gasteiger partial charge < -0.3 is 15.7 Å². The zero-order chi connectivity index (χ0) is 10.8. The molecule has 1 saturated heterocycles. The summed E-state index contributed by atoms with van der Waals surface area (Å²) in [6.07, 6.45) is 1.61. The van der Waals surface area contributed by atoms with Crippen molar-refractivity contribution in [1.29, 1.82) is 0 Å². The molecule has 0 aromatic carbocycles. The predicted octanol–water partition coefficient (Wildman–Crippen LogP) is 0.642. The summed E-state index contributed by atoms with van der Waals surface area (Å²) in [4.78, 5) is 23.4. The van der Waals surface area contributed by atoms with Gasteiger partial charge in [-0.05, 0) is 19.3 Å². The van der Waals surface area contributed by atoms with Crippen LogP contribution in [-0.4, -0.2) is 35.1 Å². The summed E-state index contributed by atoms with van der Waals surface area (Å²) in [6.45, 7) is 2.78. The van der Waals surface area contributed by atoms with Crippen molar-refractivity contribution in [2.75, 3.05) is 13.1 Å². The van der Waals surface area contributed by atoms with Crippen molar-refractivity contribution in [3.8, 4) is 0 Å². The number of carboxylic acid groups (broad SMARTS) is 1. The molecule has 5 nitrogen and oxygen atoms in total. The summed E-state index contributed by atoms with van der Waals surface area (Å²) < 4.78 is 0. The van der Waals surface area contributed by atoms with Crippen molar-refractivity contribution >= 4 is 12.0 Å². The Labute approximate surface area is 82.9 Å². The lowest BCUT2D eigenvalue weighted by atomic mass is 9.76. The van der Waals surface area contributed by atoms with Gasteiger partial charge in [-0.25, -0.2) is 4.79 Å². The summed E-state index contributed by atoms with van der Waals surface area (Å²) in [5.74, 6) is -0.760. The molecular formula is C9H16N2O3. The van der Waals surface area contributed by atoms with Crippen molar-refractivity contribution < 1.29 is 14.7 Å². The molecule has 1 rings (SSSR count). The molecule has 0 radical (unpaired) electrons. The van der Waals surface area contributed by atoms with Crippen LogP contribution in [0.1, 0.15) is 26.2 Å². The first-order valence-electron chi connectivity index (χ1n) is 4.79. The highest BCUT2D eigenvalue weighted by atomic mass is 16.4. The number of primary amides is 1. The van der Waals surface area contributed by atoms with Crippen molar-refractivity contribution in [2.45, 2.75) is 26.2 Å². The van der Waals surface area contributed by atoms with E-state index >= 15 is 0 Å². The monoisotopic (exact) mass is 200 g/mol. The quantitative estimate of drug-likeness (QED) is 0.686. The maximum Gasteiger partial charge on any atom is 0.314 e. The van der Waals surface area contributed by atoms with E-state index in [-0.39, 0.29) is 0 Å². The predicted molar refractivity (Wildman–Crippen MR) is 50.8 cm³/mol. The van der Waals surface area contributed by atoms with Crippen LogP contribution in [0.25, 0.3) is 0 Å². The Balaban J connectivity index is 2.64. The second-order valence-electron chi connectivity index (χ2n) is 3.76. The first kappa shape index (κ1) is 10.8. The third-order valence-electron chi connectivity index (χ3n) is 3.16. The molecule has 1 heterocycles. The number of nitrogens with two attached hydrogens (primary N) is 1. The Morgan fingerprint density at radius 3 is 2.21 bits per heavy atom. The molecule has 0 aromatic rings. The number of nitrogens with zero attached hydrogens (tertiary/aromatic N) is 1. The molecule has 0 unspecified atom stereocenters. The fraction of sp³-hybridized carbons (Fsp3) is 0.778. The average molecular weight is 200 g/mol. The van der Waals surface area contributed by atoms with E-state index in [0.29, 0.717) is 32.4 Å². The highest BCUT2D eigenvalue weighted by Crippen LogP contribution is 2.34. The Morgan fingerprint density at radius 1 is 1.43 bits per heavy atom. The van der Waals surface area contributed by atoms with Crippen LogP contribution in [0.5, 0.6) is 0 Å². The minimum atomic E-state index is -0.760. The SMILES string of the molecule is CCC1(C(=O)O)CCN(C(N)=O)CC1. The standard InChI is InChI=1S/C9H16N2O3/c1-2-9(7(12)13)3-5-11(6-4-9)8(10)14/h2-6H2,1H3,(H2,10,14)(H,12,13). The van der Waals surface area contributed by atoms with E-state index in [2.05, 4.69) is 0 Å². The van der Waals surface area contributed by atoms with Gasteiger partial charge >= 0.3 is 12.0 Å². The van der Waals surface area contributed by atoms with Crippen LogP contribution in [0, 0.1) is 5.41 Å². The van der Waals surface area contributed by atoms with Gasteiger partial charge in [0.05, 0.1) is 5.41 Å². The van der Waals surface area contributed by atoms with Crippen LogP contribution in [0.15, 0.2) is 0 Å². The lowest BCUT2D eigenvalue weighted by molar-refractivity contribution is -0.151. The minimum Gasteiger partial charge on any atom is -0.481 e. The summed E-state index contributed by atoms with van der Waals surface area (Å²) in [6, 6.07) is -0.458. The number of likely N-dealkylation sites (tertiary alicyclic amines) is 1. The van der Waals surface area contributed by atoms with Crippen LogP contribution < -0.4 is 5.73 Å². The van der Waals surface area contributed by atoms with Crippen LogP contribution in [0.3, 0.4) is 0 Å². The molecule has 0 atom stereocenters. The number of carbonyl (C=O) groups excluding carboxylic acids is 1. The summed E-state index contributed by atoms with van der Waals surface area (Å²) >= 11 is 0. The number of hydrogen-bond donors (Lipinski definition) is 2. The highest BCUT2D eigenvalue weighted by Gasteiger charge is 2.40. The van der Waals surface area contributed by atoms with Crippen LogP contribution in [0.2, 0.25) is 0 Å². The van der Waals surface area contributed by atoms with E-state index in [1.807, 2.05) is 6.92 Å². The van der Waals surface area contributed by atoms with Crippen molar-refractivity contribution in [3.05, 3.63) is 0 Å². The normalized spacial score (nSPS) is 20.5. The maximum atomic E-state index is 11.0. The molecule has 1 aliphatic heterocycles. The second-order valence-corrected chi connectivity index (χ2v) is 3.76. The zero-order valence-electron chi connectivity index (χ0n) is 8.32. The van der Waals surface area contributed by atoms with Gasteiger partial charge in [0.2, 0.25) is 0 Å². The average Bonchev–Trinajstić information content (AvgIpc) is 2.17. The lowest BCUT2D eigenvalue weighted by Crippen LogP contribution is -2.48. The van der Waals surface area contributed by atoms with Gasteiger partial charge in [-0.1, -0.05) is 6.92 Å². The number of carbonyl (C=O) groups is 2. The van der Waals surface area contributed by atoms with E-state index in [1.54, 1.807) is 0 Å². The Bertz CT molecular complexity index is 244. The molecule has 14 heavy (non-hydrogen) atoms.